The van der Waals surface area contributed by atoms with Gasteiger partial charge < -0.3 is 25.0 Å². The van der Waals surface area contributed by atoms with Crippen molar-refractivity contribution in [1.29, 1.82) is 0 Å². The molecule has 0 saturated carbocycles. The Morgan fingerprint density at radius 3 is 2.90 bits per heavy atom. The number of morpholine rings is 1. The van der Waals surface area contributed by atoms with Crippen LogP contribution in [-0.4, -0.2) is 64.8 Å². The summed E-state index contributed by atoms with van der Waals surface area (Å²) in [5.74, 6) is 0.0445. The lowest BCUT2D eigenvalue weighted by Gasteiger charge is -2.27. The fourth-order valence-corrected chi connectivity index (χ4v) is 3.90. The van der Waals surface area contributed by atoms with Gasteiger partial charge in [-0.05, 0) is 31.0 Å². The zero-order chi connectivity index (χ0) is 20.9. The van der Waals surface area contributed by atoms with E-state index in [-0.39, 0.29) is 11.9 Å². The molecule has 158 valence electrons. The second-order valence-corrected chi connectivity index (χ2v) is 7.76. The third kappa shape index (κ3) is 4.53. The van der Waals surface area contributed by atoms with Gasteiger partial charge in [0.05, 0.1) is 30.4 Å². The van der Waals surface area contributed by atoms with Crippen LogP contribution in [0.5, 0.6) is 0 Å². The van der Waals surface area contributed by atoms with Crippen molar-refractivity contribution >= 4 is 16.8 Å². The summed E-state index contributed by atoms with van der Waals surface area (Å²) in [7, 11) is 0. The van der Waals surface area contributed by atoms with Crippen LogP contribution < -0.4 is 5.32 Å². The van der Waals surface area contributed by atoms with Gasteiger partial charge >= 0.3 is 0 Å². The summed E-state index contributed by atoms with van der Waals surface area (Å²) in [5.41, 5.74) is 3.54. The van der Waals surface area contributed by atoms with Crippen molar-refractivity contribution in [2.24, 2.45) is 0 Å². The number of benzene rings is 1. The predicted octanol–water partition coefficient (Wildman–Crippen LogP) is 2.29. The molecule has 0 unspecified atom stereocenters. The van der Waals surface area contributed by atoms with Crippen molar-refractivity contribution in [2.45, 2.75) is 25.5 Å². The highest BCUT2D eigenvalue weighted by atomic mass is 16.5. The second-order valence-electron chi connectivity index (χ2n) is 7.76. The average Bonchev–Trinajstić information content (AvgIpc) is 3.21. The summed E-state index contributed by atoms with van der Waals surface area (Å²) in [5, 5.41) is 14.8. The lowest BCUT2D eigenvalue weighted by atomic mass is 10.0. The molecule has 2 atom stereocenters. The van der Waals surface area contributed by atoms with E-state index in [4.69, 9.17) is 4.74 Å². The number of nitrogens with one attached hydrogen (secondary N) is 2. The highest BCUT2D eigenvalue weighted by molar-refractivity contribution is 6.06. The molecule has 3 heterocycles. The average molecular weight is 409 g/mol. The first kappa shape index (κ1) is 20.5. The second kappa shape index (κ2) is 9.38. The van der Waals surface area contributed by atoms with Crippen molar-refractivity contribution in [3.8, 4) is 0 Å². The molecule has 1 fully saturated rings. The van der Waals surface area contributed by atoms with Gasteiger partial charge in [0.25, 0.3) is 5.91 Å². The first-order chi connectivity index (χ1) is 14.6. The number of amides is 1. The standard InChI is InChI=1S/C23H28N4O3/c1-16(25-15-21(28)17-4-3-7-24-13-17)12-18-14-26-22-19(18)5-2-6-20(22)23(29)27-8-10-30-11-9-27/h2-7,13-14,16,21,25-26,28H,8-12,15H2,1H3/t16-,21+/m1/s1. The number of nitrogens with zero attached hydrogens (tertiary/aromatic N) is 2. The number of carbonyl (C=O) groups is 1. The van der Waals surface area contributed by atoms with Gasteiger partial charge in [-0.2, -0.15) is 0 Å². The van der Waals surface area contributed by atoms with Gasteiger partial charge in [-0.15, -0.1) is 0 Å². The number of hydrogen-bond acceptors (Lipinski definition) is 5. The van der Waals surface area contributed by atoms with E-state index in [1.165, 1.54) is 0 Å². The van der Waals surface area contributed by atoms with E-state index in [0.29, 0.717) is 38.4 Å². The Balaban J connectivity index is 1.43. The minimum atomic E-state index is -0.595. The van der Waals surface area contributed by atoms with Crippen molar-refractivity contribution in [3.63, 3.8) is 0 Å². The molecular weight excluding hydrogens is 380 g/mol. The summed E-state index contributed by atoms with van der Waals surface area (Å²) in [6.45, 7) is 4.98. The lowest BCUT2D eigenvalue weighted by Crippen LogP contribution is -2.40. The maximum absolute atomic E-state index is 13.0. The molecule has 2 aromatic heterocycles. The molecule has 0 spiro atoms. The Kier molecular flexibility index (Phi) is 6.42. The number of carbonyl (C=O) groups excluding carboxylic acids is 1. The van der Waals surface area contributed by atoms with Gasteiger partial charge in [-0.3, -0.25) is 9.78 Å². The van der Waals surface area contributed by atoms with E-state index in [0.717, 1.165) is 28.5 Å². The van der Waals surface area contributed by atoms with Crippen LogP contribution in [-0.2, 0) is 11.2 Å². The van der Waals surface area contributed by atoms with Crippen LogP contribution in [0.1, 0.15) is 34.5 Å². The first-order valence-electron chi connectivity index (χ1n) is 10.4. The SMILES string of the molecule is C[C@H](Cc1c[nH]c2c(C(=O)N3CCOCC3)cccc12)NC[C@H](O)c1cccnc1. The molecule has 3 N–H and O–H groups in total. The molecule has 1 aromatic carbocycles. The minimum absolute atomic E-state index is 0.0445. The largest absolute Gasteiger partial charge is 0.387 e. The van der Waals surface area contributed by atoms with Gasteiger partial charge in [0.15, 0.2) is 0 Å². The van der Waals surface area contributed by atoms with Crippen molar-refractivity contribution in [2.75, 3.05) is 32.8 Å². The van der Waals surface area contributed by atoms with Gasteiger partial charge in [0.2, 0.25) is 0 Å². The van der Waals surface area contributed by atoms with E-state index >= 15 is 0 Å². The maximum atomic E-state index is 13.0. The Bertz CT molecular complexity index is 983. The number of H-pyrrole nitrogens is 1. The summed E-state index contributed by atoms with van der Waals surface area (Å²) >= 11 is 0. The molecule has 30 heavy (non-hydrogen) atoms. The quantitative estimate of drug-likeness (QED) is 0.558. The van der Waals surface area contributed by atoms with Gasteiger partial charge in [-0.25, -0.2) is 0 Å². The minimum Gasteiger partial charge on any atom is -0.387 e. The fourth-order valence-electron chi connectivity index (χ4n) is 3.90. The summed E-state index contributed by atoms with van der Waals surface area (Å²) in [4.78, 5) is 22.2. The highest BCUT2D eigenvalue weighted by Crippen LogP contribution is 2.24. The molecule has 0 aliphatic carbocycles. The highest BCUT2D eigenvalue weighted by Gasteiger charge is 2.21. The summed E-state index contributed by atoms with van der Waals surface area (Å²) < 4.78 is 5.36. The molecule has 1 saturated heterocycles. The van der Waals surface area contributed by atoms with Crippen LogP contribution in [0.3, 0.4) is 0 Å². The van der Waals surface area contributed by atoms with E-state index < -0.39 is 6.10 Å². The third-order valence-corrected chi connectivity index (χ3v) is 5.58. The topological polar surface area (TPSA) is 90.5 Å². The van der Waals surface area contributed by atoms with E-state index in [1.54, 1.807) is 12.4 Å². The summed E-state index contributed by atoms with van der Waals surface area (Å²) in [6, 6.07) is 9.73. The molecule has 1 amide bonds. The molecule has 1 aliphatic rings. The van der Waals surface area contributed by atoms with Crippen LogP contribution in [0, 0.1) is 0 Å². The lowest BCUT2D eigenvalue weighted by molar-refractivity contribution is 0.0304. The Labute approximate surface area is 176 Å². The smallest absolute Gasteiger partial charge is 0.256 e. The van der Waals surface area contributed by atoms with Crippen LogP contribution in [0.25, 0.3) is 10.9 Å². The number of ether oxygens (including phenoxy) is 1. The number of pyridine rings is 1. The number of aliphatic hydroxyl groups is 1. The summed E-state index contributed by atoms with van der Waals surface area (Å²) in [6.07, 6.45) is 5.55. The number of aromatic nitrogens is 2. The number of fused-ring (bicyclic) bond motifs is 1. The molecule has 3 aromatic rings. The zero-order valence-electron chi connectivity index (χ0n) is 17.2. The van der Waals surface area contributed by atoms with Crippen LogP contribution in [0.15, 0.2) is 48.9 Å². The van der Waals surface area contributed by atoms with Gasteiger partial charge in [0, 0.05) is 55.2 Å². The predicted molar refractivity (Wildman–Crippen MR) is 115 cm³/mol. The maximum Gasteiger partial charge on any atom is 0.256 e. The van der Waals surface area contributed by atoms with Crippen LogP contribution in [0.4, 0.5) is 0 Å². The Hall–Kier alpha value is -2.74. The number of para-hydroxylation sites is 1. The molecule has 4 rings (SSSR count). The van der Waals surface area contributed by atoms with Crippen molar-refractivity contribution in [3.05, 3.63) is 65.6 Å². The van der Waals surface area contributed by atoms with E-state index in [1.807, 2.05) is 35.4 Å². The zero-order valence-corrected chi connectivity index (χ0v) is 17.2. The number of aliphatic hydroxyl groups excluding tert-OH is 1. The first-order valence-corrected chi connectivity index (χ1v) is 10.4. The third-order valence-electron chi connectivity index (χ3n) is 5.58. The Morgan fingerprint density at radius 2 is 2.13 bits per heavy atom. The van der Waals surface area contributed by atoms with Crippen molar-refractivity contribution in [1.82, 2.24) is 20.2 Å². The number of hydrogen-bond donors (Lipinski definition) is 3. The molecule has 0 radical (unpaired) electrons. The monoisotopic (exact) mass is 408 g/mol. The van der Waals surface area contributed by atoms with E-state index in [2.05, 4.69) is 28.3 Å². The molecule has 1 aliphatic heterocycles. The van der Waals surface area contributed by atoms with E-state index in [9.17, 15) is 9.90 Å². The normalized spacial score (nSPS) is 16.5. The van der Waals surface area contributed by atoms with Crippen LogP contribution in [0.2, 0.25) is 0 Å². The molecular formula is C23H28N4O3. The molecule has 7 heteroatoms. The van der Waals surface area contributed by atoms with Gasteiger partial charge in [0.1, 0.15) is 0 Å². The molecule has 0 bridgehead atoms. The number of rotatable bonds is 7. The fraction of sp³-hybridized carbons (Fsp3) is 0.391. The molecule has 7 nitrogen and oxygen atoms in total. The Morgan fingerprint density at radius 1 is 1.30 bits per heavy atom. The van der Waals surface area contributed by atoms with Crippen molar-refractivity contribution < 1.29 is 14.6 Å². The number of aromatic amines is 1. The van der Waals surface area contributed by atoms with Crippen LogP contribution >= 0.6 is 0 Å². The van der Waals surface area contributed by atoms with Gasteiger partial charge in [-0.1, -0.05) is 18.2 Å².